The number of amides is 1. The van der Waals surface area contributed by atoms with Crippen molar-refractivity contribution < 1.29 is 18.0 Å². The molecule has 1 saturated heterocycles. The number of rotatable bonds is 3. The van der Waals surface area contributed by atoms with Crippen LogP contribution in [0.5, 0.6) is 0 Å². The first-order valence-electron chi connectivity index (χ1n) is 6.67. The highest BCUT2D eigenvalue weighted by Crippen LogP contribution is 2.31. The van der Waals surface area contributed by atoms with Crippen LogP contribution in [0.4, 0.5) is 13.2 Å². The third kappa shape index (κ3) is 4.18. The smallest absolute Gasteiger partial charge is 0.366 e. The van der Waals surface area contributed by atoms with E-state index >= 15 is 0 Å². The molecule has 0 aliphatic carbocycles. The largest absolute Gasteiger partial charge is 0.416 e. The summed E-state index contributed by atoms with van der Waals surface area (Å²) in [4.78, 5) is 15.4. The van der Waals surface area contributed by atoms with Crippen LogP contribution in [0.25, 0.3) is 0 Å². The molecular formula is C14H18F3N3O. The molecule has 0 aromatic heterocycles. The molecule has 1 aliphatic heterocycles. The molecule has 1 heterocycles. The fourth-order valence-electron chi connectivity index (χ4n) is 2.35. The Kier molecular flexibility index (Phi) is 4.53. The van der Waals surface area contributed by atoms with Crippen LogP contribution in [-0.2, 0) is 12.7 Å². The van der Waals surface area contributed by atoms with Gasteiger partial charge >= 0.3 is 6.18 Å². The molecule has 0 spiro atoms. The van der Waals surface area contributed by atoms with Crippen LogP contribution in [0.15, 0.2) is 18.2 Å². The molecule has 0 radical (unpaired) electrons. The Labute approximate surface area is 121 Å². The number of halogens is 3. The SMILES string of the molecule is CN1CCN(Cc2cc(C(N)=O)cc(C(F)(F)F)c2)CC1. The van der Waals surface area contributed by atoms with E-state index < -0.39 is 17.6 Å². The lowest BCUT2D eigenvalue weighted by Crippen LogP contribution is -2.43. The van der Waals surface area contributed by atoms with Crippen LogP contribution in [0.1, 0.15) is 21.5 Å². The minimum atomic E-state index is -4.48. The average Bonchev–Trinajstić information content (AvgIpc) is 2.40. The van der Waals surface area contributed by atoms with Crippen molar-refractivity contribution in [3.8, 4) is 0 Å². The van der Waals surface area contributed by atoms with Crippen molar-refractivity contribution in [2.24, 2.45) is 5.73 Å². The summed E-state index contributed by atoms with van der Waals surface area (Å²) in [6.45, 7) is 3.72. The van der Waals surface area contributed by atoms with Gasteiger partial charge in [-0.05, 0) is 30.8 Å². The topological polar surface area (TPSA) is 49.6 Å². The second-order valence-corrected chi connectivity index (χ2v) is 5.36. The van der Waals surface area contributed by atoms with Crippen molar-refractivity contribution in [3.63, 3.8) is 0 Å². The molecule has 7 heteroatoms. The predicted octanol–water partition coefficient (Wildman–Crippen LogP) is 1.55. The first-order valence-corrected chi connectivity index (χ1v) is 6.67. The molecule has 0 atom stereocenters. The van der Waals surface area contributed by atoms with Gasteiger partial charge in [0.25, 0.3) is 0 Å². The van der Waals surface area contributed by atoms with Crippen LogP contribution in [-0.4, -0.2) is 48.9 Å². The molecule has 1 amide bonds. The van der Waals surface area contributed by atoms with Crippen molar-refractivity contribution in [1.29, 1.82) is 0 Å². The minimum Gasteiger partial charge on any atom is -0.366 e. The number of nitrogens with two attached hydrogens (primary N) is 1. The second-order valence-electron chi connectivity index (χ2n) is 5.36. The number of alkyl halides is 3. The Hall–Kier alpha value is -1.60. The van der Waals surface area contributed by atoms with Gasteiger partial charge in [-0.25, -0.2) is 0 Å². The first kappa shape index (κ1) is 15.8. The van der Waals surface area contributed by atoms with E-state index in [9.17, 15) is 18.0 Å². The molecule has 21 heavy (non-hydrogen) atoms. The summed E-state index contributed by atoms with van der Waals surface area (Å²) < 4.78 is 38.6. The highest BCUT2D eigenvalue weighted by molar-refractivity contribution is 5.93. The van der Waals surface area contributed by atoms with E-state index in [4.69, 9.17) is 5.73 Å². The lowest BCUT2D eigenvalue weighted by Gasteiger charge is -2.32. The summed E-state index contributed by atoms with van der Waals surface area (Å²) in [7, 11) is 2.01. The molecule has 1 fully saturated rings. The van der Waals surface area contributed by atoms with Crippen LogP contribution >= 0.6 is 0 Å². The van der Waals surface area contributed by atoms with Crippen LogP contribution in [0.2, 0.25) is 0 Å². The van der Waals surface area contributed by atoms with Crippen LogP contribution in [0, 0.1) is 0 Å². The molecular weight excluding hydrogens is 283 g/mol. The molecule has 4 nitrogen and oxygen atoms in total. The van der Waals surface area contributed by atoms with E-state index in [0.29, 0.717) is 12.1 Å². The Morgan fingerprint density at radius 2 is 1.81 bits per heavy atom. The lowest BCUT2D eigenvalue weighted by molar-refractivity contribution is -0.137. The van der Waals surface area contributed by atoms with E-state index in [1.165, 1.54) is 6.07 Å². The van der Waals surface area contributed by atoms with Gasteiger partial charge in [-0.3, -0.25) is 9.69 Å². The quantitative estimate of drug-likeness (QED) is 0.921. The zero-order valence-electron chi connectivity index (χ0n) is 11.8. The van der Waals surface area contributed by atoms with Gasteiger partial charge in [-0.15, -0.1) is 0 Å². The third-order valence-electron chi connectivity index (χ3n) is 3.61. The van der Waals surface area contributed by atoms with Crippen LogP contribution < -0.4 is 5.73 Å². The van der Waals surface area contributed by atoms with Gasteiger partial charge < -0.3 is 10.6 Å². The maximum absolute atomic E-state index is 12.9. The van der Waals surface area contributed by atoms with Crippen LogP contribution in [0.3, 0.4) is 0 Å². The zero-order chi connectivity index (χ0) is 15.6. The summed E-state index contributed by atoms with van der Waals surface area (Å²) in [6.07, 6.45) is -4.48. The molecule has 116 valence electrons. The monoisotopic (exact) mass is 301 g/mol. The van der Waals surface area contributed by atoms with E-state index in [2.05, 4.69) is 9.80 Å². The number of likely N-dealkylation sites (N-methyl/N-ethyl adjacent to an activating group) is 1. The van der Waals surface area contributed by atoms with Gasteiger partial charge in [-0.1, -0.05) is 0 Å². The van der Waals surface area contributed by atoms with Crippen molar-refractivity contribution in [3.05, 3.63) is 34.9 Å². The van der Waals surface area contributed by atoms with Crippen molar-refractivity contribution in [1.82, 2.24) is 9.80 Å². The normalized spacial score (nSPS) is 17.9. The molecule has 1 aromatic rings. The number of benzene rings is 1. The molecule has 2 rings (SSSR count). The summed E-state index contributed by atoms with van der Waals surface area (Å²) in [6, 6.07) is 3.33. The van der Waals surface area contributed by atoms with Gasteiger partial charge in [0.05, 0.1) is 5.56 Å². The third-order valence-corrected chi connectivity index (χ3v) is 3.61. The van der Waals surface area contributed by atoms with Gasteiger partial charge in [0.1, 0.15) is 0 Å². The maximum atomic E-state index is 12.9. The summed E-state index contributed by atoms with van der Waals surface area (Å²) >= 11 is 0. The molecule has 1 aromatic carbocycles. The van der Waals surface area contributed by atoms with E-state index in [1.807, 2.05) is 7.05 Å². The summed E-state index contributed by atoms with van der Waals surface area (Å²) in [5.41, 5.74) is 4.65. The highest BCUT2D eigenvalue weighted by atomic mass is 19.4. The second kappa shape index (κ2) is 6.03. The Balaban J connectivity index is 2.22. The van der Waals surface area contributed by atoms with Gasteiger partial charge in [-0.2, -0.15) is 13.2 Å². The zero-order valence-corrected chi connectivity index (χ0v) is 11.8. The summed E-state index contributed by atoms with van der Waals surface area (Å²) in [5, 5.41) is 0. The fourth-order valence-corrected chi connectivity index (χ4v) is 2.35. The number of primary amides is 1. The summed E-state index contributed by atoms with van der Waals surface area (Å²) in [5.74, 6) is -0.847. The Morgan fingerprint density at radius 1 is 1.19 bits per heavy atom. The average molecular weight is 301 g/mol. The maximum Gasteiger partial charge on any atom is 0.416 e. The number of carbonyl (C=O) groups excluding carboxylic acids is 1. The predicted molar refractivity (Wildman–Crippen MR) is 72.7 cm³/mol. The van der Waals surface area contributed by atoms with Gasteiger partial charge in [0.15, 0.2) is 0 Å². The minimum absolute atomic E-state index is 0.103. The molecule has 2 N–H and O–H groups in total. The fraction of sp³-hybridized carbons (Fsp3) is 0.500. The number of nitrogens with zero attached hydrogens (tertiary/aromatic N) is 2. The number of piperazine rings is 1. The van der Waals surface area contributed by atoms with Crippen molar-refractivity contribution in [2.75, 3.05) is 33.2 Å². The Bertz CT molecular complexity index is 523. The van der Waals surface area contributed by atoms with Crippen molar-refractivity contribution in [2.45, 2.75) is 12.7 Å². The number of hydrogen-bond donors (Lipinski definition) is 1. The highest BCUT2D eigenvalue weighted by Gasteiger charge is 2.31. The van der Waals surface area contributed by atoms with E-state index in [0.717, 1.165) is 38.3 Å². The van der Waals surface area contributed by atoms with Gasteiger partial charge in [0.2, 0.25) is 5.91 Å². The molecule has 0 bridgehead atoms. The van der Waals surface area contributed by atoms with Crippen molar-refractivity contribution >= 4 is 5.91 Å². The first-order chi connectivity index (χ1) is 9.75. The molecule has 0 saturated carbocycles. The molecule has 1 aliphatic rings. The lowest BCUT2D eigenvalue weighted by atomic mass is 10.0. The molecule has 0 unspecified atom stereocenters. The van der Waals surface area contributed by atoms with E-state index in [-0.39, 0.29) is 5.56 Å². The Morgan fingerprint density at radius 3 is 2.33 bits per heavy atom. The van der Waals surface area contributed by atoms with Gasteiger partial charge in [0, 0.05) is 38.3 Å². The number of carbonyl (C=O) groups is 1. The standard InChI is InChI=1S/C14H18F3N3O/c1-19-2-4-20(5-3-19)9-10-6-11(13(18)21)8-12(7-10)14(15,16)17/h6-8H,2-5,9H2,1H3,(H2,18,21). The number of hydrogen-bond acceptors (Lipinski definition) is 3. The van der Waals surface area contributed by atoms with E-state index in [1.54, 1.807) is 0 Å².